The number of carbonyl (C=O) groups is 3. The summed E-state index contributed by atoms with van der Waals surface area (Å²) in [5, 5.41) is 8.04. The van der Waals surface area contributed by atoms with Crippen molar-refractivity contribution in [2.45, 2.75) is 19.4 Å². The molecule has 1 atom stereocenters. The third-order valence-corrected chi connectivity index (χ3v) is 4.85. The molecule has 0 spiro atoms. The third kappa shape index (κ3) is 5.08. The molecule has 0 fully saturated rings. The highest BCUT2D eigenvalue weighted by molar-refractivity contribution is 5.95. The zero-order valence-corrected chi connectivity index (χ0v) is 17.1. The Morgan fingerprint density at radius 1 is 1.07 bits per heavy atom. The molecule has 158 valence electrons. The third-order valence-electron chi connectivity index (χ3n) is 4.85. The highest BCUT2D eigenvalue weighted by Crippen LogP contribution is 2.32. The van der Waals surface area contributed by atoms with E-state index >= 15 is 0 Å². The van der Waals surface area contributed by atoms with E-state index in [0.29, 0.717) is 5.75 Å². The summed E-state index contributed by atoms with van der Waals surface area (Å²) in [6.45, 7) is 2.12. The topological polar surface area (TPSA) is 99.8 Å². The molecule has 1 aliphatic rings. The Morgan fingerprint density at radius 3 is 2.57 bits per heavy atom. The van der Waals surface area contributed by atoms with Crippen LogP contribution in [0.3, 0.4) is 0 Å². The summed E-state index contributed by atoms with van der Waals surface area (Å²) in [6.07, 6.45) is 0.0812. The van der Waals surface area contributed by atoms with Crippen LogP contribution in [0.25, 0.3) is 0 Å². The van der Waals surface area contributed by atoms with Gasteiger partial charge in [-0.3, -0.25) is 14.4 Å². The van der Waals surface area contributed by atoms with Crippen molar-refractivity contribution in [1.29, 1.82) is 0 Å². The Labute approximate surface area is 175 Å². The highest BCUT2D eigenvalue weighted by Gasteiger charge is 2.31. The van der Waals surface area contributed by atoms with Crippen LogP contribution >= 0.6 is 0 Å². The number of hydrogen-bond donors (Lipinski definition) is 3. The number of aryl methyl sites for hydroxylation is 1. The zero-order valence-electron chi connectivity index (χ0n) is 17.1. The first kappa shape index (κ1) is 21.2. The van der Waals surface area contributed by atoms with Crippen LogP contribution in [-0.2, 0) is 20.8 Å². The van der Waals surface area contributed by atoms with Crippen molar-refractivity contribution in [2.75, 3.05) is 36.9 Å². The Morgan fingerprint density at radius 2 is 1.80 bits per heavy atom. The van der Waals surface area contributed by atoms with Gasteiger partial charge in [0.1, 0.15) is 5.75 Å². The first-order valence-corrected chi connectivity index (χ1v) is 9.88. The molecule has 0 saturated carbocycles. The molecule has 0 bridgehead atoms. The summed E-state index contributed by atoms with van der Waals surface area (Å²) in [6, 6.07) is 14.8. The number of likely N-dealkylation sites (N-methyl/N-ethyl adjacent to an activating group) is 1. The van der Waals surface area contributed by atoms with Crippen LogP contribution in [0.15, 0.2) is 48.5 Å². The largest absolute Gasteiger partial charge is 0.477 e. The fourth-order valence-electron chi connectivity index (χ4n) is 3.31. The number of fused-ring (bicyclic) bond motifs is 1. The van der Waals surface area contributed by atoms with Crippen molar-refractivity contribution in [2.24, 2.45) is 0 Å². The molecule has 2 aromatic rings. The molecule has 3 rings (SSSR count). The molecule has 1 aliphatic heterocycles. The minimum atomic E-state index is -0.716. The number of carbonyl (C=O) groups excluding carboxylic acids is 3. The van der Waals surface area contributed by atoms with E-state index in [1.54, 1.807) is 18.0 Å². The molecular formula is C22H26N4O4. The van der Waals surface area contributed by atoms with Crippen LogP contribution in [-0.4, -0.2) is 50.5 Å². The summed E-state index contributed by atoms with van der Waals surface area (Å²) in [4.78, 5) is 38.5. The fourth-order valence-corrected chi connectivity index (χ4v) is 3.31. The lowest BCUT2D eigenvalue weighted by molar-refractivity contribution is -0.127. The highest BCUT2D eigenvalue weighted by atomic mass is 16.5. The molecule has 0 aliphatic carbocycles. The number of ether oxygens (including phenoxy) is 1. The number of nitrogens with one attached hydrogen (secondary N) is 3. The molecule has 3 N–H and O–H groups in total. The van der Waals surface area contributed by atoms with Crippen molar-refractivity contribution in [3.05, 3.63) is 54.1 Å². The molecule has 0 aromatic heterocycles. The molecule has 0 unspecified atom stereocenters. The maximum Gasteiger partial charge on any atom is 0.262 e. The minimum absolute atomic E-state index is 0.00664. The lowest BCUT2D eigenvalue weighted by Gasteiger charge is -2.34. The van der Waals surface area contributed by atoms with E-state index in [1.165, 1.54) is 0 Å². The average molecular weight is 410 g/mol. The number of nitrogens with zero attached hydrogens (tertiary/aromatic N) is 1. The van der Waals surface area contributed by atoms with Crippen molar-refractivity contribution >= 4 is 29.1 Å². The van der Waals surface area contributed by atoms with E-state index in [9.17, 15) is 14.4 Å². The fraction of sp³-hybridized carbons (Fsp3) is 0.318. The zero-order chi connectivity index (χ0) is 21.5. The molecule has 0 radical (unpaired) electrons. The van der Waals surface area contributed by atoms with E-state index in [4.69, 9.17) is 4.74 Å². The second-order valence-electron chi connectivity index (χ2n) is 6.90. The van der Waals surface area contributed by atoms with E-state index in [0.717, 1.165) is 23.4 Å². The van der Waals surface area contributed by atoms with E-state index in [2.05, 4.69) is 16.0 Å². The smallest absolute Gasteiger partial charge is 0.262 e. The van der Waals surface area contributed by atoms with Crippen molar-refractivity contribution in [1.82, 2.24) is 10.6 Å². The molecule has 1 heterocycles. The van der Waals surface area contributed by atoms with Gasteiger partial charge in [0.05, 0.1) is 25.3 Å². The number of para-hydroxylation sites is 3. The van der Waals surface area contributed by atoms with Gasteiger partial charge in [0.15, 0.2) is 6.10 Å². The van der Waals surface area contributed by atoms with Gasteiger partial charge in [-0.2, -0.15) is 0 Å². The van der Waals surface area contributed by atoms with Crippen LogP contribution in [0, 0.1) is 0 Å². The first-order valence-electron chi connectivity index (χ1n) is 9.88. The molecule has 2 aromatic carbocycles. The predicted octanol–water partition coefficient (Wildman–Crippen LogP) is 1.32. The number of anilines is 2. The SMILES string of the molecule is CCc1ccccc1NC(=O)CNC(=O)CN1C[C@@H](C(=O)NC)Oc2ccccc21. The molecule has 8 nitrogen and oxygen atoms in total. The summed E-state index contributed by atoms with van der Waals surface area (Å²) in [5.41, 5.74) is 2.51. The van der Waals surface area contributed by atoms with Crippen LogP contribution < -0.4 is 25.6 Å². The lowest BCUT2D eigenvalue weighted by Crippen LogP contribution is -2.51. The Balaban J connectivity index is 1.58. The van der Waals surface area contributed by atoms with Gasteiger partial charge in [-0.1, -0.05) is 37.3 Å². The van der Waals surface area contributed by atoms with Gasteiger partial charge in [0, 0.05) is 12.7 Å². The van der Waals surface area contributed by atoms with Gasteiger partial charge >= 0.3 is 0 Å². The molecule has 8 heteroatoms. The molecule has 3 amide bonds. The second kappa shape index (κ2) is 9.78. The lowest BCUT2D eigenvalue weighted by atomic mass is 10.1. The van der Waals surface area contributed by atoms with Gasteiger partial charge in [-0.05, 0) is 30.2 Å². The van der Waals surface area contributed by atoms with E-state index in [-0.39, 0.29) is 37.4 Å². The maximum absolute atomic E-state index is 12.5. The predicted molar refractivity (Wildman–Crippen MR) is 115 cm³/mol. The van der Waals surface area contributed by atoms with Crippen molar-refractivity contribution in [3.8, 4) is 5.75 Å². The average Bonchev–Trinajstić information content (AvgIpc) is 2.77. The number of rotatable bonds is 7. The van der Waals surface area contributed by atoms with Crippen LogP contribution in [0.2, 0.25) is 0 Å². The van der Waals surface area contributed by atoms with Crippen LogP contribution in [0.1, 0.15) is 12.5 Å². The van der Waals surface area contributed by atoms with Gasteiger partial charge in [0.2, 0.25) is 11.8 Å². The Bertz CT molecular complexity index is 931. The molecular weight excluding hydrogens is 384 g/mol. The Hall–Kier alpha value is -3.55. The van der Waals surface area contributed by atoms with Gasteiger partial charge in [-0.15, -0.1) is 0 Å². The molecule has 0 saturated heterocycles. The van der Waals surface area contributed by atoms with Gasteiger partial charge < -0.3 is 25.6 Å². The van der Waals surface area contributed by atoms with Crippen molar-refractivity contribution in [3.63, 3.8) is 0 Å². The first-order chi connectivity index (χ1) is 14.5. The summed E-state index contributed by atoms with van der Waals surface area (Å²) in [5.74, 6) is -0.334. The summed E-state index contributed by atoms with van der Waals surface area (Å²) >= 11 is 0. The number of amides is 3. The standard InChI is InChI=1S/C22H26N4O4/c1-3-15-8-4-5-9-16(15)25-20(27)12-24-21(28)14-26-13-19(22(29)23-2)30-18-11-7-6-10-17(18)26/h4-11,19H,3,12-14H2,1-2H3,(H,23,29)(H,24,28)(H,25,27)/t19-/m0/s1. The van der Waals surface area contributed by atoms with Crippen LogP contribution in [0.5, 0.6) is 5.75 Å². The normalized spacial score (nSPS) is 14.9. The summed E-state index contributed by atoms with van der Waals surface area (Å²) < 4.78 is 5.73. The number of hydrogen-bond acceptors (Lipinski definition) is 5. The quantitative estimate of drug-likeness (QED) is 0.639. The maximum atomic E-state index is 12.5. The van der Waals surface area contributed by atoms with Crippen molar-refractivity contribution < 1.29 is 19.1 Å². The second-order valence-corrected chi connectivity index (χ2v) is 6.90. The van der Waals surface area contributed by atoms with Crippen LogP contribution in [0.4, 0.5) is 11.4 Å². The van der Waals surface area contributed by atoms with Gasteiger partial charge in [-0.25, -0.2) is 0 Å². The minimum Gasteiger partial charge on any atom is -0.477 e. The van der Waals surface area contributed by atoms with Gasteiger partial charge in [0.25, 0.3) is 5.91 Å². The summed E-state index contributed by atoms with van der Waals surface area (Å²) in [7, 11) is 1.54. The van der Waals surface area contributed by atoms with E-state index in [1.807, 2.05) is 49.4 Å². The Kier molecular flexibility index (Phi) is 6.90. The monoisotopic (exact) mass is 410 g/mol. The number of benzene rings is 2. The molecule has 30 heavy (non-hydrogen) atoms. The van der Waals surface area contributed by atoms with E-state index < -0.39 is 6.10 Å².